The Kier molecular flexibility index (Phi) is 8.63. The lowest BCUT2D eigenvalue weighted by atomic mass is 10.00. The summed E-state index contributed by atoms with van der Waals surface area (Å²) in [6, 6.07) is 0. The highest BCUT2D eigenvalue weighted by Gasteiger charge is 2.29. The van der Waals surface area contributed by atoms with Crippen LogP contribution >= 0.6 is 0 Å². The number of primary amides is 1. The van der Waals surface area contributed by atoms with Crippen LogP contribution in [0, 0.1) is 5.92 Å². The van der Waals surface area contributed by atoms with Gasteiger partial charge in [-0.15, -0.1) is 19.8 Å². The molecule has 0 bridgehead atoms. The van der Waals surface area contributed by atoms with Gasteiger partial charge in [0.25, 0.3) is 0 Å². The van der Waals surface area contributed by atoms with Crippen LogP contribution in [0.3, 0.4) is 0 Å². The molecule has 130 valence electrons. The zero-order valence-electron chi connectivity index (χ0n) is 12.4. The summed E-state index contributed by atoms with van der Waals surface area (Å²) in [7, 11) is 1.24. The van der Waals surface area contributed by atoms with Crippen molar-refractivity contribution in [2.24, 2.45) is 11.7 Å². The van der Waals surface area contributed by atoms with Crippen molar-refractivity contribution in [1.29, 1.82) is 0 Å². The van der Waals surface area contributed by atoms with Gasteiger partial charge in [0.15, 0.2) is 0 Å². The van der Waals surface area contributed by atoms with Crippen molar-refractivity contribution in [3.63, 3.8) is 0 Å². The lowest BCUT2D eigenvalue weighted by Gasteiger charge is -2.19. The van der Waals surface area contributed by atoms with Crippen molar-refractivity contribution >= 4 is 18.2 Å². The zero-order valence-corrected chi connectivity index (χ0v) is 12.4. The van der Waals surface area contributed by atoms with E-state index in [1.807, 2.05) is 0 Å². The number of halogens is 3. The molecule has 0 saturated carbocycles. The monoisotopic (exact) mass is 337 g/mol. The van der Waals surface area contributed by atoms with E-state index in [0.717, 1.165) is 11.0 Å². The van der Waals surface area contributed by atoms with Gasteiger partial charge in [-0.05, 0) is 6.42 Å². The molecule has 0 rings (SSSR count). The fourth-order valence-electron chi connectivity index (χ4n) is 1.53. The van der Waals surface area contributed by atoms with Crippen molar-refractivity contribution in [3.8, 4) is 0 Å². The Morgan fingerprint density at radius 3 is 2.48 bits per heavy atom. The van der Waals surface area contributed by atoms with Crippen molar-refractivity contribution in [1.82, 2.24) is 10.2 Å². The van der Waals surface area contributed by atoms with E-state index in [9.17, 15) is 27.6 Å². The maximum atomic E-state index is 11.9. The second kappa shape index (κ2) is 9.62. The molecule has 0 spiro atoms. The Bertz CT molecular complexity index is 478. The van der Waals surface area contributed by atoms with E-state index in [-0.39, 0.29) is 25.1 Å². The number of hydrogen-bond acceptors (Lipinski definition) is 4. The van der Waals surface area contributed by atoms with Gasteiger partial charge in [-0.1, -0.05) is 6.08 Å². The molecule has 0 aromatic heterocycles. The highest BCUT2D eigenvalue weighted by atomic mass is 19.4. The predicted molar refractivity (Wildman–Crippen MR) is 74.4 cm³/mol. The number of hydrogen-bond donors (Lipinski definition) is 2. The van der Waals surface area contributed by atoms with Crippen LogP contribution in [0.5, 0.6) is 0 Å². The van der Waals surface area contributed by atoms with Crippen molar-refractivity contribution < 1.29 is 32.3 Å². The number of amides is 3. The Balaban J connectivity index is 4.95. The SMILES string of the molecule is C=CCC(C(N)=O)/C(=C/C(=O)N(C)CCOC(F)(F)F)NC=O. The first-order chi connectivity index (χ1) is 10.6. The van der Waals surface area contributed by atoms with Gasteiger partial charge in [0, 0.05) is 25.4 Å². The third kappa shape index (κ3) is 8.61. The summed E-state index contributed by atoms with van der Waals surface area (Å²) in [4.78, 5) is 34.8. The number of carbonyl (C=O) groups is 3. The molecule has 0 aromatic carbocycles. The molecule has 7 nitrogen and oxygen atoms in total. The van der Waals surface area contributed by atoms with Crippen LogP contribution < -0.4 is 11.1 Å². The third-order valence-electron chi connectivity index (χ3n) is 2.69. The van der Waals surface area contributed by atoms with Crippen LogP contribution in [-0.4, -0.2) is 49.7 Å². The van der Waals surface area contributed by atoms with Crippen LogP contribution in [0.4, 0.5) is 13.2 Å². The fourth-order valence-corrected chi connectivity index (χ4v) is 1.53. The Morgan fingerprint density at radius 1 is 1.43 bits per heavy atom. The van der Waals surface area contributed by atoms with Crippen LogP contribution in [0.2, 0.25) is 0 Å². The van der Waals surface area contributed by atoms with Crippen molar-refractivity contribution in [3.05, 3.63) is 24.4 Å². The van der Waals surface area contributed by atoms with E-state index in [2.05, 4.69) is 16.6 Å². The quantitative estimate of drug-likeness (QED) is 0.340. The van der Waals surface area contributed by atoms with Crippen molar-refractivity contribution in [2.75, 3.05) is 20.2 Å². The third-order valence-corrected chi connectivity index (χ3v) is 2.69. The average molecular weight is 337 g/mol. The summed E-state index contributed by atoms with van der Waals surface area (Å²) in [6.45, 7) is 2.34. The molecule has 23 heavy (non-hydrogen) atoms. The van der Waals surface area contributed by atoms with Gasteiger partial charge < -0.3 is 16.0 Å². The zero-order chi connectivity index (χ0) is 18.0. The number of ether oxygens (including phenoxy) is 1. The molecular formula is C13H18F3N3O4. The standard InChI is InChI=1S/C13H18F3N3O4/c1-3-4-9(12(17)22)10(18-8-20)7-11(21)19(2)5-6-23-13(14,15)16/h3,7-9H,1,4-6H2,2H3,(H2,17,22)(H,18,20)/b10-7-. The van der Waals surface area contributed by atoms with E-state index in [0.29, 0.717) is 0 Å². The molecule has 1 atom stereocenters. The Morgan fingerprint density at radius 2 is 2.04 bits per heavy atom. The highest BCUT2D eigenvalue weighted by Crippen LogP contribution is 2.16. The molecular weight excluding hydrogens is 319 g/mol. The van der Waals surface area contributed by atoms with Gasteiger partial charge >= 0.3 is 6.36 Å². The summed E-state index contributed by atoms with van der Waals surface area (Å²) in [5, 5.41) is 2.19. The molecule has 3 amide bonds. The average Bonchev–Trinajstić information content (AvgIpc) is 2.42. The van der Waals surface area contributed by atoms with Gasteiger partial charge in [0.05, 0.1) is 12.5 Å². The first-order valence-electron chi connectivity index (χ1n) is 6.40. The molecule has 0 aliphatic heterocycles. The molecule has 0 radical (unpaired) electrons. The van der Waals surface area contributed by atoms with Gasteiger partial charge in [0.1, 0.15) is 0 Å². The molecule has 0 heterocycles. The summed E-state index contributed by atoms with van der Waals surface area (Å²) < 4.78 is 39.1. The number of nitrogens with zero attached hydrogens (tertiary/aromatic N) is 1. The van der Waals surface area contributed by atoms with Gasteiger partial charge in [0.2, 0.25) is 18.2 Å². The molecule has 3 N–H and O–H groups in total. The summed E-state index contributed by atoms with van der Waals surface area (Å²) >= 11 is 0. The normalized spacial score (nSPS) is 13.1. The number of allylic oxidation sites excluding steroid dienone is 1. The summed E-state index contributed by atoms with van der Waals surface area (Å²) in [6.07, 6.45) is -2.16. The van der Waals surface area contributed by atoms with E-state index >= 15 is 0 Å². The molecule has 0 aromatic rings. The van der Waals surface area contributed by atoms with Crippen LogP contribution in [-0.2, 0) is 19.1 Å². The number of alkyl halides is 3. The fraction of sp³-hybridized carbons (Fsp3) is 0.462. The second-order valence-electron chi connectivity index (χ2n) is 4.40. The van der Waals surface area contributed by atoms with E-state index < -0.39 is 30.7 Å². The Labute approximate surface area is 130 Å². The smallest absolute Gasteiger partial charge is 0.369 e. The molecule has 0 aliphatic carbocycles. The van der Waals surface area contributed by atoms with E-state index in [4.69, 9.17) is 5.73 Å². The predicted octanol–water partition coefficient (Wildman–Crippen LogP) is 0.289. The minimum Gasteiger partial charge on any atom is -0.369 e. The molecule has 0 aliphatic rings. The van der Waals surface area contributed by atoms with Gasteiger partial charge in [-0.25, -0.2) is 0 Å². The van der Waals surface area contributed by atoms with E-state index in [1.54, 1.807) is 0 Å². The van der Waals surface area contributed by atoms with Gasteiger partial charge in [-0.3, -0.25) is 19.1 Å². The number of carbonyl (C=O) groups excluding carboxylic acids is 3. The maximum Gasteiger partial charge on any atom is 0.522 e. The minimum atomic E-state index is -4.79. The largest absolute Gasteiger partial charge is 0.522 e. The molecule has 0 fully saturated rings. The Hall–Kier alpha value is -2.36. The number of nitrogens with two attached hydrogens (primary N) is 1. The molecule has 1 unspecified atom stereocenters. The lowest BCUT2D eigenvalue weighted by molar-refractivity contribution is -0.324. The van der Waals surface area contributed by atoms with Crippen molar-refractivity contribution in [2.45, 2.75) is 12.8 Å². The maximum absolute atomic E-state index is 11.9. The number of likely N-dealkylation sites (N-methyl/N-ethyl adjacent to an activating group) is 1. The van der Waals surface area contributed by atoms with Gasteiger partial charge in [-0.2, -0.15) is 0 Å². The minimum absolute atomic E-state index is 0.0685. The number of nitrogens with one attached hydrogen (secondary N) is 1. The topological polar surface area (TPSA) is 102 Å². The molecule has 0 saturated heterocycles. The lowest BCUT2D eigenvalue weighted by Crippen LogP contribution is -2.34. The van der Waals surface area contributed by atoms with Crippen LogP contribution in [0.1, 0.15) is 6.42 Å². The summed E-state index contributed by atoms with van der Waals surface area (Å²) in [5.41, 5.74) is 5.11. The second-order valence-corrected chi connectivity index (χ2v) is 4.40. The first-order valence-corrected chi connectivity index (χ1v) is 6.40. The number of rotatable bonds is 10. The molecule has 10 heteroatoms. The summed E-state index contributed by atoms with van der Waals surface area (Å²) in [5.74, 6) is -2.50. The highest BCUT2D eigenvalue weighted by molar-refractivity contribution is 5.90. The van der Waals surface area contributed by atoms with E-state index in [1.165, 1.54) is 13.1 Å². The van der Waals surface area contributed by atoms with Crippen LogP contribution in [0.25, 0.3) is 0 Å². The first kappa shape index (κ1) is 20.6. The van der Waals surface area contributed by atoms with Crippen LogP contribution in [0.15, 0.2) is 24.4 Å².